The molecule has 1 atom stereocenters. The van der Waals surface area contributed by atoms with Gasteiger partial charge in [0.05, 0.1) is 4.90 Å². The second-order valence-corrected chi connectivity index (χ2v) is 8.28. The van der Waals surface area contributed by atoms with E-state index in [0.717, 1.165) is 11.1 Å². The van der Waals surface area contributed by atoms with E-state index in [4.69, 9.17) is 5.73 Å². The molecule has 2 aromatic carbocycles. The van der Waals surface area contributed by atoms with Crippen LogP contribution >= 0.6 is 0 Å². The third kappa shape index (κ3) is 3.93. The highest BCUT2D eigenvalue weighted by Crippen LogP contribution is 2.32. The topological polar surface area (TPSA) is 101 Å². The molecule has 0 fully saturated rings. The van der Waals surface area contributed by atoms with Crippen molar-refractivity contribution in [2.24, 2.45) is 5.73 Å². The Morgan fingerprint density at radius 1 is 1.12 bits per heavy atom. The average molecular weight is 364 g/mol. The van der Waals surface area contributed by atoms with Crippen molar-refractivity contribution in [3.05, 3.63) is 36.4 Å². The third-order valence-electron chi connectivity index (χ3n) is 4.22. The number of carboxylic acid groups (broad SMARTS) is 1. The number of aliphatic carboxylic acids is 1. The number of unbranched alkanes of at least 4 members (excludes halogenated alkanes) is 1. The van der Waals surface area contributed by atoms with Gasteiger partial charge in [-0.25, -0.2) is 8.42 Å². The number of benzene rings is 2. The highest BCUT2D eigenvalue weighted by atomic mass is 32.2. The van der Waals surface area contributed by atoms with Crippen LogP contribution in [0.1, 0.15) is 19.3 Å². The number of carbonyl (C=O) groups is 1. The molecule has 0 saturated carbocycles. The third-order valence-corrected chi connectivity index (χ3v) is 6.37. The minimum absolute atomic E-state index is 0.0542. The summed E-state index contributed by atoms with van der Waals surface area (Å²) in [5, 5.41) is 9.32. The normalized spacial score (nSPS) is 12.9. The number of nitrogens with two attached hydrogens (primary N) is 1. The molecule has 7 heteroatoms. The zero-order valence-electron chi connectivity index (χ0n) is 14.5. The standard InChI is InChI=1S/C18H24N2O4S/c1-20(2)15-9-5-8-14-13(15)7-6-11-16(14)25(23,24)17(18(21)22)10-3-4-12-19/h5-9,11,17H,3-4,10,12,19H2,1-2H3,(H,21,22)/t17-/m0/s1. The van der Waals surface area contributed by atoms with Crippen molar-refractivity contribution in [3.8, 4) is 0 Å². The van der Waals surface area contributed by atoms with Crippen LogP contribution in [0.25, 0.3) is 10.8 Å². The lowest BCUT2D eigenvalue weighted by atomic mass is 10.1. The zero-order valence-corrected chi connectivity index (χ0v) is 15.3. The van der Waals surface area contributed by atoms with Crippen molar-refractivity contribution in [3.63, 3.8) is 0 Å². The number of sulfone groups is 1. The van der Waals surface area contributed by atoms with Crippen LogP contribution in [-0.2, 0) is 14.6 Å². The molecule has 2 rings (SSSR count). The Balaban J connectivity index is 2.58. The fraction of sp³-hybridized carbons (Fsp3) is 0.389. The number of anilines is 1. The molecule has 0 radical (unpaired) electrons. The van der Waals surface area contributed by atoms with Crippen molar-refractivity contribution in [1.29, 1.82) is 0 Å². The monoisotopic (exact) mass is 364 g/mol. The van der Waals surface area contributed by atoms with E-state index in [-0.39, 0.29) is 11.3 Å². The van der Waals surface area contributed by atoms with Gasteiger partial charge in [0.1, 0.15) is 0 Å². The number of fused-ring (bicyclic) bond motifs is 1. The summed E-state index contributed by atoms with van der Waals surface area (Å²) in [6, 6.07) is 10.4. The summed E-state index contributed by atoms with van der Waals surface area (Å²) in [5.41, 5.74) is 6.31. The van der Waals surface area contributed by atoms with Crippen LogP contribution < -0.4 is 10.6 Å². The first kappa shape index (κ1) is 19.2. The molecule has 0 aliphatic rings. The summed E-state index contributed by atoms with van der Waals surface area (Å²) < 4.78 is 26.1. The summed E-state index contributed by atoms with van der Waals surface area (Å²) in [7, 11) is -0.253. The van der Waals surface area contributed by atoms with Gasteiger partial charge in [-0.15, -0.1) is 0 Å². The van der Waals surface area contributed by atoms with Gasteiger partial charge in [0, 0.05) is 30.6 Å². The van der Waals surface area contributed by atoms with E-state index in [9.17, 15) is 18.3 Å². The van der Waals surface area contributed by atoms with Gasteiger partial charge in [0.2, 0.25) is 0 Å². The first-order valence-corrected chi connectivity index (χ1v) is 9.71. The molecule has 6 nitrogen and oxygen atoms in total. The maximum atomic E-state index is 13.0. The predicted molar refractivity (Wildman–Crippen MR) is 99.8 cm³/mol. The summed E-state index contributed by atoms with van der Waals surface area (Å²) in [5.74, 6) is -1.32. The van der Waals surface area contributed by atoms with Crippen LogP contribution in [0.5, 0.6) is 0 Å². The van der Waals surface area contributed by atoms with Crippen molar-refractivity contribution in [2.45, 2.75) is 29.4 Å². The molecule has 0 amide bonds. The molecule has 0 aliphatic carbocycles. The van der Waals surface area contributed by atoms with Gasteiger partial charge >= 0.3 is 5.97 Å². The predicted octanol–water partition coefficient (Wildman–Crippen LogP) is 2.26. The van der Waals surface area contributed by atoms with Gasteiger partial charge in [-0.3, -0.25) is 4.79 Å². The number of hydrogen-bond donors (Lipinski definition) is 2. The Morgan fingerprint density at radius 3 is 2.36 bits per heavy atom. The summed E-state index contributed by atoms with van der Waals surface area (Å²) in [4.78, 5) is 13.6. The molecular formula is C18H24N2O4S. The molecule has 136 valence electrons. The van der Waals surface area contributed by atoms with Crippen molar-refractivity contribution < 1.29 is 18.3 Å². The number of nitrogens with zero attached hydrogens (tertiary/aromatic N) is 1. The molecule has 2 aromatic rings. The molecule has 0 heterocycles. The minimum atomic E-state index is -4.01. The summed E-state index contributed by atoms with van der Waals surface area (Å²) in [6.07, 6.45) is 1.11. The van der Waals surface area contributed by atoms with E-state index in [2.05, 4.69) is 0 Å². The van der Waals surface area contributed by atoms with Gasteiger partial charge in [0.15, 0.2) is 15.1 Å². The fourth-order valence-corrected chi connectivity index (χ4v) is 4.74. The molecule has 0 aliphatic heterocycles. The smallest absolute Gasteiger partial charge is 0.322 e. The number of rotatable bonds is 8. The average Bonchev–Trinajstić information content (AvgIpc) is 2.56. The summed E-state index contributed by atoms with van der Waals surface area (Å²) in [6.45, 7) is 0.410. The second kappa shape index (κ2) is 7.84. The number of carboxylic acids is 1. The molecule has 0 bridgehead atoms. The largest absolute Gasteiger partial charge is 0.480 e. The van der Waals surface area contributed by atoms with E-state index in [1.54, 1.807) is 18.2 Å². The Morgan fingerprint density at radius 2 is 1.76 bits per heavy atom. The highest BCUT2D eigenvalue weighted by Gasteiger charge is 2.34. The zero-order chi connectivity index (χ0) is 18.6. The van der Waals surface area contributed by atoms with E-state index in [1.165, 1.54) is 6.07 Å². The van der Waals surface area contributed by atoms with Crippen LogP contribution in [-0.4, -0.2) is 45.4 Å². The van der Waals surface area contributed by atoms with Crippen LogP contribution in [0.3, 0.4) is 0 Å². The van der Waals surface area contributed by atoms with Crippen LogP contribution in [0, 0.1) is 0 Å². The van der Waals surface area contributed by atoms with Crippen LogP contribution in [0.15, 0.2) is 41.3 Å². The Bertz CT molecular complexity index is 863. The SMILES string of the molecule is CN(C)c1cccc2c(S(=O)(=O)[C@@H](CCCCN)C(=O)O)cccc12. The minimum Gasteiger partial charge on any atom is -0.480 e. The van der Waals surface area contributed by atoms with E-state index in [1.807, 2.05) is 31.1 Å². The molecule has 0 aromatic heterocycles. The molecule has 0 unspecified atom stereocenters. The molecule has 25 heavy (non-hydrogen) atoms. The van der Waals surface area contributed by atoms with Crippen LogP contribution in [0.4, 0.5) is 5.69 Å². The second-order valence-electron chi connectivity index (χ2n) is 6.18. The van der Waals surface area contributed by atoms with Gasteiger partial charge in [-0.2, -0.15) is 0 Å². The van der Waals surface area contributed by atoms with E-state index < -0.39 is 21.1 Å². The Hall–Kier alpha value is -2.12. The van der Waals surface area contributed by atoms with Crippen LogP contribution in [0.2, 0.25) is 0 Å². The van der Waals surface area contributed by atoms with Gasteiger partial charge in [0.25, 0.3) is 0 Å². The van der Waals surface area contributed by atoms with E-state index in [0.29, 0.717) is 24.8 Å². The van der Waals surface area contributed by atoms with Gasteiger partial charge in [-0.1, -0.05) is 30.7 Å². The molecule has 0 saturated heterocycles. The first-order valence-electron chi connectivity index (χ1n) is 8.16. The lowest BCUT2D eigenvalue weighted by Gasteiger charge is -2.18. The quantitative estimate of drug-likeness (QED) is 0.697. The lowest BCUT2D eigenvalue weighted by Crippen LogP contribution is -2.30. The first-order chi connectivity index (χ1) is 11.8. The maximum absolute atomic E-state index is 13.0. The van der Waals surface area contributed by atoms with Crippen molar-refractivity contribution >= 4 is 32.3 Å². The lowest BCUT2D eigenvalue weighted by molar-refractivity contribution is -0.136. The fourth-order valence-electron chi connectivity index (χ4n) is 2.94. The maximum Gasteiger partial charge on any atom is 0.322 e. The molecular weight excluding hydrogens is 340 g/mol. The summed E-state index contributed by atoms with van der Waals surface area (Å²) >= 11 is 0. The Kier molecular flexibility index (Phi) is 6.02. The molecule has 0 spiro atoms. The van der Waals surface area contributed by atoms with Gasteiger partial charge in [-0.05, 0) is 31.5 Å². The van der Waals surface area contributed by atoms with Crippen molar-refractivity contribution in [1.82, 2.24) is 0 Å². The van der Waals surface area contributed by atoms with E-state index >= 15 is 0 Å². The van der Waals surface area contributed by atoms with Crippen molar-refractivity contribution in [2.75, 3.05) is 25.5 Å². The van der Waals surface area contributed by atoms with Gasteiger partial charge < -0.3 is 15.7 Å². The highest BCUT2D eigenvalue weighted by molar-refractivity contribution is 7.93. The molecule has 3 N–H and O–H groups in total. The number of hydrogen-bond acceptors (Lipinski definition) is 5. The Labute approximate surface area is 148 Å².